The van der Waals surface area contributed by atoms with Crippen LogP contribution in [0.3, 0.4) is 0 Å². The molecule has 2 N–H and O–H groups in total. The molecule has 0 aliphatic heterocycles. The van der Waals surface area contributed by atoms with Crippen molar-refractivity contribution in [3.8, 4) is 0 Å². The highest BCUT2D eigenvalue weighted by atomic mass is 19.1. The average molecular weight is 167 g/mol. The van der Waals surface area contributed by atoms with E-state index in [1.54, 1.807) is 6.07 Å². The van der Waals surface area contributed by atoms with Crippen molar-refractivity contribution in [3.05, 3.63) is 35.4 Å². The lowest BCUT2D eigenvalue weighted by atomic mass is 10.0. The third-order valence-corrected chi connectivity index (χ3v) is 2.04. The van der Waals surface area contributed by atoms with Gasteiger partial charge in [0.1, 0.15) is 6.67 Å². The van der Waals surface area contributed by atoms with Crippen molar-refractivity contribution >= 4 is 0 Å². The van der Waals surface area contributed by atoms with E-state index in [2.05, 4.69) is 0 Å². The zero-order valence-corrected chi connectivity index (χ0v) is 7.26. The van der Waals surface area contributed by atoms with Crippen molar-refractivity contribution in [3.63, 3.8) is 0 Å². The van der Waals surface area contributed by atoms with Gasteiger partial charge in [-0.05, 0) is 17.5 Å². The lowest BCUT2D eigenvalue weighted by Gasteiger charge is -2.12. The Labute approximate surface area is 72.4 Å². The normalized spacial score (nSPS) is 12.9. The van der Waals surface area contributed by atoms with Gasteiger partial charge in [-0.3, -0.25) is 0 Å². The standard InChI is InChI=1S/C10H14FN/c1-2-10(12)9-6-4-3-5-8(9)7-11/h3-6,10H,2,7,12H2,1H3. The van der Waals surface area contributed by atoms with E-state index in [1.165, 1.54) is 0 Å². The molecule has 0 fully saturated rings. The van der Waals surface area contributed by atoms with E-state index in [1.807, 2.05) is 25.1 Å². The average Bonchev–Trinajstić information content (AvgIpc) is 2.16. The summed E-state index contributed by atoms with van der Waals surface area (Å²) in [5.41, 5.74) is 7.45. The van der Waals surface area contributed by atoms with E-state index in [0.717, 1.165) is 12.0 Å². The number of nitrogens with two attached hydrogens (primary N) is 1. The fraction of sp³-hybridized carbons (Fsp3) is 0.400. The van der Waals surface area contributed by atoms with Crippen LogP contribution in [0, 0.1) is 0 Å². The Morgan fingerprint density at radius 2 is 2.08 bits per heavy atom. The van der Waals surface area contributed by atoms with Gasteiger partial charge in [-0.1, -0.05) is 31.2 Å². The molecule has 66 valence electrons. The summed E-state index contributed by atoms with van der Waals surface area (Å²) in [5.74, 6) is 0. The van der Waals surface area contributed by atoms with Crippen LogP contribution in [0.25, 0.3) is 0 Å². The molecule has 1 rings (SSSR count). The largest absolute Gasteiger partial charge is 0.324 e. The van der Waals surface area contributed by atoms with Crippen LogP contribution in [0.5, 0.6) is 0 Å². The molecule has 2 heteroatoms. The van der Waals surface area contributed by atoms with Crippen molar-refractivity contribution in [1.29, 1.82) is 0 Å². The molecule has 0 heterocycles. The topological polar surface area (TPSA) is 26.0 Å². The minimum absolute atomic E-state index is 0.0306. The van der Waals surface area contributed by atoms with Gasteiger partial charge in [0.2, 0.25) is 0 Å². The summed E-state index contributed by atoms with van der Waals surface area (Å²) in [7, 11) is 0. The summed E-state index contributed by atoms with van der Waals surface area (Å²) in [5, 5.41) is 0. The number of hydrogen-bond donors (Lipinski definition) is 1. The highest BCUT2D eigenvalue weighted by Gasteiger charge is 2.07. The maximum atomic E-state index is 12.4. The first kappa shape index (κ1) is 9.20. The van der Waals surface area contributed by atoms with Crippen LogP contribution in [0.15, 0.2) is 24.3 Å². The minimum Gasteiger partial charge on any atom is -0.324 e. The van der Waals surface area contributed by atoms with E-state index in [4.69, 9.17) is 5.73 Å². The first-order chi connectivity index (χ1) is 5.79. The first-order valence-electron chi connectivity index (χ1n) is 4.19. The van der Waals surface area contributed by atoms with Gasteiger partial charge in [0.25, 0.3) is 0 Å². The molecule has 0 radical (unpaired) electrons. The summed E-state index contributed by atoms with van der Waals surface area (Å²) in [6, 6.07) is 7.37. The van der Waals surface area contributed by atoms with E-state index < -0.39 is 6.67 Å². The predicted molar refractivity (Wildman–Crippen MR) is 48.5 cm³/mol. The number of hydrogen-bond acceptors (Lipinski definition) is 1. The number of benzene rings is 1. The molecule has 0 amide bonds. The van der Waals surface area contributed by atoms with Crippen LogP contribution in [-0.4, -0.2) is 0 Å². The summed E-state index contributed by atoms with van der Waals surface area (Å²) in [6.45, 7) is 1.57. The van der Waals surface area contributed by atoms with Gasteiger partial charge in [-0.2, -0.15) is 0 Å². The smallest absolute Gasteiger partial charge is 0.115 e. The number of halogens is 1. The second-order valence-corrected chi connectivity index (χ2v) is 2.85. The van der Waals surface area contributed by atoms with Gasteiger partial charge in [-0.25, -0.2) is 4.39 Å². The van der Waals surface area contributed by atoms with Gasteiger partial charge < -0.3 is 5.73 Å². The van der Waals surface area contributed by atoms with E-state index >= 15 is 0 Å². The Bertz CT molecular complexity index is 247. The van der Waals surface area contributed by atoms with Crippen molar-refractivity contribution < 1.29 is 4.39 Å². The molecule has 0 aliphatic carbocycles. The summed E-state index contributed by atoms with van der Waals surface area (Å²) in [6.07, 6.45) is 0.844. The molecular formula is C10H14FN. The Balaban J connectivity index is 2.96. The zero-order chi connectivity index (χ0) is 8.97. The van der Waals surface area contributed by atoms with Gasteiger partial charge in [-0.15, -0.1) is 0 Å². The molecule has 0 aliphatic rings. The molecule has 0 aromatic heterocycles. The molecule has 1 aromatic carbocycles. The molecule has 1 atom stereocenters. The number of alkyl halides is 1. The monoisotopic (exact) mass is 167 g/mol. The molecular weight excluding hydrogens is 153 g/mol. The predicted octanol–water partition coefficient (Wildman–Crippen LogP) is 2.57. The van der Waals surface area contributed by atoms with Crippen LogP contribution >= 0.6 is 0 Å². The Kier molecular flexibility index (Phi) is 3.23. The quantitative estimate of drug-likeness (QED) is 0.735. The Morgan fingerprint density at radius 1 is 1.42 bits per heavy atom. The highest BCUT2D eigenvalue weighted by molar-refractivity contribution is 5.29. The molecule has 1 unspecified atom stereocenters. The van der Waals surface area contributed by atoms with Gasteiger partial charge in [0.15, 0.2) is 0 Å². The molecule has 12 heavy (non-hydrogen) atoms. The van der Waals surface area contributed by atoms with Crippen LogP contribution < -0.4 is 5.73 Å². The molecule has 0 bridgehead atoms. The summed E-state index contributed by atoms with van der Waals surface area (Å²) in [4.78, 5) is 0. The van der Waals surface area contributed by atoms with E-state index in [-0.39, 0.29) is 6.04 Å². The molecule has 1 nitrogen and oxygen atoms in total. The fourth-order valence-corrected chi connectivity index (χ4v) is 1.24. The molecule has 0 spiro atoms. The maximum Gasteiger partial charge on any atom is 0.115 e. The van der Waals surface area contributed by atoms with Crippen LogP contribution in [0.2, 0.25) is 0 Å². The lowest BCUT2D eigenvalue weighted by Crippen LogP contribution is -2.10. The third kappa shape index (κ3) is 1.83. The van der Waals surface area contributed by atoms with Gasteiger partial charge in [0, 0.05) is 6.04 Å². The molecule has 0 saturated carbocycles. The van der Waals surface area contributed by atoms with Crippen molar-refractivity contribution in [2.45, 2.75) is 26.1 Å². The fourth-order valence-electron chi connectivity index (χ4n) is 1.24. The minimum atomic E-state index is -0.427. The SMILES string of the molecule is CCC(N)c1ccccc1CF. The van der Waals surface area contributed by atoms with Crippen molar-refractivity contribution in [2.75, 3.05) is 0 Å². The summed E-state index contributed by atoms with van der Waals surface area (Å²) < 4.78 is 12.4. The number of rotatable bonds is 3. The van der Waals surface area contributed by atoms with Crippen molar-refractivity contribution in [2.24, 2.45) is 5.73 Å². The second kappa shape index (κ2) is 4.21. The summed E-state index contributed by atoms with van der Waals surface area (Å²) >= 11 is 0. The van der Waals surface area contributed by atoms with Gasteiger partial charge >= 0.3 is 0 Å². The molecule has 0 saturated heterocycles. The zero-order valence-electron chi connectivity index (χ0n) is 7.26. The van der Waals surface area contributed by atoms with Crippen LogP contribution in [0.1, 0.15) is 30.5 Å². The van der Waals surface area contributed by atoms with E-state index in [0.29, 0.717) is 5.56 Å². The Hall–Kier alpha value is -0.890. The lowest BCUT2D eigenvalue weighted by molar-refractivity contribution is 0.478. The highest BCUT2D eigenvalue weighted by Crippen LogP contribution is 2.18. The second-order valence-electron chi connectivity index (χ2n) is 2.85. The molecule has 1 aromatic rings. The maximum absolute atomic E-state index is 12.4. The van der Waals surface area contributed by atoms with E-state index in [9.17, 15) is 4.39 Å². The van der Waals surface area contributed by atoms with Crippen molar-refractivity contribution in [1.82, 2.24) is 0 Å². The van der Waals surface area contributed by atoms with Gasteiger partial charge in [0.05, 0.1) is 0 Å². The van der Waals surface area contributed by atoms with Crippen LogP contribution in [-0.2, 0) is 6.67 Å². The first-order valence-corrected chi connectivity index (χ1v) is 4.19. The van der Waals surface area contributed by atoms with Crippen LogP contribution in [0.4, 0.5) is 4.39 Å². The third-order valence-electron chi connectivity index (χ3n) is 2.04. The Morgan fingerprint density at radius 3 is 2.67 bits per heavy atom.